The van der Waals surface area contributed by atoms with Crippen LogP contribution in [0.1, 0.15) is 49.3 Å². The van der Waals surface area contributed by atoms with Crippen LogP contribution in [0.3, 0.4) is 0 Å². The maximum Gasteiger partial charge on any atom is 0.240 e. The van der Waals surface area contributed by atoms with Gasteiger partial charge >= 0.3 is 0 Å². The van der Waals surface area contributed by atoms with Gasteiger partial charge in [-0.1, -0.05) is 19.8 Å². The Morgan fingerprint density at radius 1 is 1.41 bits per heavy atom. The van der Waals surface area contributed by atoms with Crippen LogP contribution in [-0.2, 0) is 14.3 Å². The van der Waals surface area contributed by atoms with Crippen LogP contribution in [0, 0.1) is 0 Å². The minimum absolute atomic E-state index is 0.0270. The molecule has 1 saturated heterocycles. The van der Waals surface area contributed by atoms with Crippen molar-refractivity contribution in [2.45, 2.75) is 38.3 Å². The molecule has 2 aliphatic heterocycles. The molecule has 2 aromatic heterocycles. The Morgan fingerprint density at radius 2 is 2.31 bits per heavy atom. The van der Waals surface area contributed by atoms with E-state index in [1.54, 1.807) is 7.11 Å². The molecule has 4 rings (SSSR count). The summed E-state index contributed by atoms with van der Waals surface area (Å²) in [6.07, 6.45) is 8.71. The van der Waals surface area contributed by atoms with Crippen LogP contribution >= 0.6 is 0 Å². The van der Waals surface area contributed by atoms with Crippen molar-refractivity contribution in [2.75, 3.05) is 26.9 Å². The van der Waals surface area contributed by atoms with Crippen molar-refractivity contribution in [1.29, 1.82) is 0 Å². The summed E-state index contributed by atoms with van der Waals surface area (Å²) >= 11 is 0. The van der Waals surface area contributed by atoms with E-state index < -0.39 is 0 Å². The van der Waals surface area contributed by atoms with Crippen molar-refractivity contribution in [3.05, 3.63) is 65.1 Å². The molecular formula is C24H31N5O3. The summed E-state index contributed by atoms with van der Waals surface area (Å²) in [5.74, 6) is 0.686. The molecule has 1 fully saturated rings. The largest absolute Gasteiger partial charge is 0.494 e. The van der Waals surface area contributed by atoms with Crippen LogP contribution in [-0.4, -0.2) is 54.5 Å². The summed E-state index contributed by atoms with van der Waals surface area (Å²) in [5.41, 5.74) is 4.41. The number of H-pyrrole nitrogens is 2. The van der Waals surface area contributed by atoms with Crippen LogP contribution in [0.5, 0.6) is 0 Å². The second-order valence-electron chi connectivity index (χ2n) is 7.98. The minimum atomic E-state index is -0.307. The number of amides is 1. The van der Waals surface area contributed by atoms with Gasteiger partial charge in [-0.3, -0.25) is 4.79 Å². The fraction of sp³-hybridized carbons (Fsp3) is 0.417. The zero-order valence-corrected chi connectivity index (χ0v) is 18.6. The molecule has 4 N–H and O–H groups in total. The molecule has 2 aliphatic rings. The van der Waals surface area contributed by atoms with Gasteiger partial charge in [0.25, 0.3) is 0 Å². The van der Waals surface area contributed by atoms with Gasteiger partial charge in [0.05, 0.1) is 37.8 Å². The van der Waals surface area contributed by atoms with Gasteiger partial charge in [0, 0.05) is 30.2 Å². The minimum Gasteiger partial charge on any atom is -0.494 e. The van der Waals surface area contributed by atoms with Crippen molar-refractivity contribution in [3.8, 4) is 0 Å². The summed E-state index contributed by atoms with van der Waals surface area (Å²) in [4.78, 5) is 24.1. The lowest BCUT2D eigenvalue weighted by atomic mass is 10.1. The van der Waals surface area contributed by atoms with Crippen LogP contribution in [0.2, 0.25) is 0 Å². The fourth-order valence-corrected chi connectivity index (χ4v) is 3.89. The van der Waals surface area contributed by atoms with Crippen molar-refractivity contribution in [3.63, 3.8) is 0 Å². The van der Waals surface area contributed by atoms with Gasteiger partial charge in [-0.25, -0.2) is 4.99 Å². The Bertz CT molecular complexity index is 997. The predicted molar refractivity (Wildman–Crippen MR) is 124 cm³/mol. The Balaban J connectivity index is 1.51. The topological polar surface area (TPSA) is 104 Å². The Kier molecular flexibility index (Phi) is 7.24. The standard InChI is InChI=1S/C24H31N5O3/c1-3-4-6-18(29-24(30)22-15-32-12-11-26-22)19-9-8-16(27-19)13-21-23(31-2)14-20(28-21)17-7-5-10-25-17/h5,7-10,13-14,18,22,25-27H,3-4,6,11-12,15H2,1-2H3,(H,29,30)/b21-13-. The molecule has 8 nitrogen and oxygen atoms in total. The van der Waals surface area contributed by atoms with Crippen molar-refractivity contribution < 1.29 is 14.3 Å². The van der Waals surface area contributed by atoms with E-state index in [1.165, 1.54) is 0 Å². The van der Waals surface area contributed by atoms with Gasteiger partial charge in [0.1, 0.15) is 17.5 Å². The second kappa shape index (κ2) is 10.5. The van der Waals surface area contributed by atoms with E-state index in [9.17, 15) is 4.79 Å². The summed E-state index contributed by atoms with van der Waals surface area (Å²) in [6, 6.07) is 7.56. The summed E-state index contributed by atoms with van der Waals surface area (Å²) < 4.78 is 11.0. The van der Waals surface area contributed by atoms with E-state index in [0.717, 1.165) is 47.8 Å². The molecule has 0 aliphatic carbocycles. The van der Waals surface area contributed by atoms with Crippen molar-refractivity contribution >= 4 is 17.7 Å². The van der Waals surface area contributed by atoms with E-state index in [1.807, 2.05) is 42.6 Å². The number of hydrogen-bond donors (Lipinski definition) is 4. The highest BCUT2D eigenvalue weighted by Gasteiger charge is 2.25. The zero-order chi connectivity index (χ0) is 22.3. The Morgan fingerprint density at radius 3 is 3.03 bits per heavy atom. The fourth-order valence-electron chi connectivity index (χ4n) is 3.89. The molecule has 1 amide bonds. The number of rotatable bonds is 9. The lowest BCUT2D eigenvalue weighted by Gasteiger charge is -2.26. The number of carbonyl (C=O) groups is 1. The molecule has 4 heterocycles. The third-order valence-corrected chi connectivity index (χ3v) is 5.65. The number of aromatic nitrogens is 2. The monoisotopic (exact) mass is 437 g/mol. The van der Waals surface area contributed by atoms with E-state index >= 15 is 0 Å². The second-order valence-corrected chi connectivity index (χ2v) is 7.98. The number of ether oxygens (including phenoxy) is 2. The van der Waals surface area contributed by atoms with E-state index in [4.69, 9.17) is 14.5 Å². The normalized spacial score (nSPS) is 20.7. The average Bonchev–Trinajstić information content (AvgIpc) is 3.58. The van der Waals surface area contributed by atoms with Gasteiger partial charge < -0.3 is 30.1 Å². The lowest BCUT2D eigenvalue weighted by Crippen LogP contribution is -2.51. The number of aliphatic imine (C=N–C) groups is 1. The van der Waals surface area contributed by atoms with Crippen LogP contribution in [0.4, 0.5) is 0 Å². The summed E-state index contributed by atoms with van der Waals surface area (Å²) in [5, 5.41) is 6.41. The first-order valence-corrected chi connectivity index (χ1v) is 11.2. The molecular weight excluding hydrogens is 406 g/mol. The Hall–Kier alpha value is -3.10. The molecule has 2 unspecified atom stereocenters. The zero-order valence-electron chi connectivity index (χ0n) is 18.6. The third kappa shape index (κ3) is 5.20. The van der Waals surface area contributed by atoms with E-state index in [0.29, 0.717) is 25.5 Å². The maximum absolute atomic E-state index is 12.7. The van der Waals surface area contributed by atoms with Gasteiger partial charge in [0.15, 0.2) is 0 Å². The first-order chi connectivity index (χ1) is 15.7. The number of hydrogen-bond acceptors (Lipinski definition) is 5. The smallest absolute Gasteiger partial charge is 0.240 e. The third-order valence-electron chi connectivity index (χ3n) is 5.65. The molecule has 2 atom stereocenters. The number of unbranched alkanes of at least 4 members (excludes halogenated alkanes) is 1. The van der Waals surface area contributed by atoms with E-state index in [2.05, 4.69) is 27.5 Å². The number of aromatic amines is 2. The first kappa shape index (κ1) is 22.1. The van der Waals surface area contributed by atoms with Gasteiger partial charge in [-0.2, -0.15) is 0 Å². The van der Waals surface area contributed by atoms with E-state index in [-0.39, 0.29) is 18.0 Å². The van der Waals surface area contributed by atoms with Gasteiger partial charge in [0.2, 0.25) is 5.91 Å². The molecule has 0 radical (unpaired) electrons. The van der Waals surface area contributed by atoms with Crippen LogP contribution in [0.15, 0.2) is 53.0 Å². The quantitative estimate of drug-likeness (QED) is 0.484. The van der Waals surface area contributed by atoms with Crippen molar-refractivity contribution in [2.24, 2.45) is 4.99 Å². The van der Waals surface area contributed by atoms with Gasteiger partial charge in [-0.05, 0) is 36.8 Å². The number of nitrogens with one attached hydrogen (secondary N) is 4. The number of morpholine rings is 1. The number of methoxy groups -OCH3 is 1. The van der Waals surface area contributed by atoms with Crippen LogP contribution in [0.25, 0.3) is 6.08 Å². The SMILES string of the molecule is CCCCC(NC(=O)C1COCCN1)c1ccc(/C=C2\N=C(c3ccc[nH]3)C=C2OC)[nH]1. The average molecular weight is 438 g/mol. The summed E-state index contributed by atoms with van der Waals surface area (Å²) in [7, 11) is 1.65. The highest BCUT2D eigenvalue weighted by atomic mass is 16.5. The highest BCUT2D eigenvalue weighted by Crippen LogP contribution is 2.26. The maximum atomic E-state index is 12.7. The predicted octanol–water partition coefficient (Wildman–Crippen LogP) is 3.05. The molecule has 0 saturated carbocycles. The van der Waals surface area contributed by atoms with Gasteiger partial charge in [-0.15, -0.1) is 0 Å². The molecule has 2 aromatic rings. The number of carbonyl (C=O) groups excluding carboxylic acids is 1. The lowest BCUT2D eigenvalue weighted by molar-refractivity contribution is -0.126. The molecule has 8 heteroatoms. The number of nitrogens with zero attached hydrogens (tertiary/aromatic N) is 1. The molecule has 32 heavy (non-hydrogen) atoms. The molecule has 0 spiro atoms. The molecule has 0 aromatic carbocycles. The van der Waals surface area contributed by atoms with Crippen molar-refractivity contribution in [1.82, 2.24) is 20.6 Å². The first-order valence-electron chi connectivity index (χ1n) is 11.2. The highest BCUT2D eigenvalue weighted by molar-refractivity contribution is 6.11. The molecule has 170 valence electrons. The van der Waals surface area contributed by atoms with Crippen LogP contribution < -0.4 is 10.6 Å². The molecule has 0 bridgehead atoms. The number of allylic oxidation sites excluding steroid dienone is 1. The Labute approximate surface area is 188 Å². The summed E-state index contributed by atoms with van der Waals surface area (Å²) in [6.45, 7) is 3.89.